The maximum absolute atomic E-state index is 5.90. The number of ether oxygens (including phenoxy) is 1. The van der Waals surface area contributed by atoms with Crippen LogP contribution in [0.1, 0.15) is 41.7 Å². The third kappa shape index (κ3) is 5.19. The molecule has 0 aromatic carbocycles. The van der Waals surface area contributed by atoms with Gasteiger partial charge in [-0.15, -0.1) is 11.3 Å². The molecule has 0 bridgehead atoms. The van der Waals surface area contributed by atoms with E-state index in [-0.39, 0.29) is 0 Å². The average Bonchev–Trinajstić information content (AvgIpc) is 3.28. The van der Waals surface area contributed by atoms with Crippen molar-refractivity contribution < 1.29 is 4.74 Å². The molecule has 2 heterocycles. The molecule has 2 aromatic heterocycles. The Balaban J connectivity index is 1.45. The Morgan fingerprint density at radius 3 is 2.68 bits per heavy atom. The van der Waals surface area contributed by atoms with Crippen LogP contribution >= 0.6 is 11.3 Å². The van der Waals surface area contributed by atoms with E-state index in [2.05, 4.69) is 45.0 Å². The molecule has 3 rings (SSSR count). The summed E-state index contributed by atoms with van der Waals surface area (Å²) in [5.41, 5.74) is 2.42. The SMILES string of the molecule is CN=C(NCc1ccc(OC2CCCC2)nc1)NCc1sccc1C. The molecule has 1 fully saturated rings. The molecule has 2 N–H and O–H groups in total. The standard InChI is InChI=1S/C19H26N4OS/c1-14-9-10-25-17(14)13-23-19(20-2)22-12-15-7-8-18(21-11-15)24-16-5-3-4-6-16/h7-11,16H,3-6,12-13H2,1-2H3,(H2,20,22,23). The quantitative estimate of drug-likeness (QED) is 0.611. The number of aryl methyl sites for hydroxylation is 1. The molecule has 0 saturated heterocycles. The maximum atomic E-state index is 5.90. The van der Waals surface area contributed by atoms with Crippen molar-refractivity contribution in [3.8, 4) is 5.88 Å². The Labute approximate surface area is 153 Å². The summed E-state index contributed by atoms with van der Waals surface area (Å²) in [6, 6.07) is 6.15. The van der Waals surface area contributed by atoms with Crippen LogP contribution in [0, 0.1) is 6.92 Å². The van der Waals surface area contributed by atoms with E-state index in [1.54, 1.807) is 18.4 Å². The van der Waals surface area contributed by atoms with Crippen molar-refractivity contribution in [3.05, 3.63) is 45.8 Å². The lowest BCUT2D eigenvalue weighted by molar-refractivity contribution is 0.201. The van der Waals surface area contributed by atoms with Crippen LogP contribution in [-0.4, -0.2) is 24.1 Å². The highest BCUT2D eigenvalue weighted by Crippen LogP contribution is 2.22. The predicted octanol–water partition coefficient (Wildman–Crippen LogP) is 3.64. The van der Waals surface area contributed by atoms with Crippen LogP contribution < -0.4 is 15.4 Å². The highest BCUT2D eigenvalue weighted by atomic mass is 32.1. The average molecular weight is 359 g/mol. The topological polar surface area (TPSA) is 58.5 Å². The molecule has 1 aliphatic carbocycles. The van der Waals surface area contributed by atoms with Gasteiger partial charge in [-0.25, -0.2) is 4.98 Å². The zero-order valence-electron chi connectivity index (χ0n) is 14.9. The maximum Gasteiger partial charge on any atom is 0.213 e. The van der Waals surface area contributed by atoms with Crippen molar-refractivity contribution in [1.82, 2.24) is 15.6 Å². The van der Waals surface area contributed by atoms with Gasteiger partial charge < -0.3 is 15.4 Å². The number of guanidine groups is 1. The molecule has 6 heteroatoms. The number of thiophene rings is 1. The van der Waals surface area contributed by atoms with Gasteiger partial charge in [0.1, 0.15) is 6.10 Å². The Morgan fingerprint density at radius 2 is 2.04 bits per heavy atom. The largest absolute Gasteiger partial charge is 0.474 e. The van der Waals surface area contributed by atoms with Crippen molar-refractivity contribution in [2.24, 2.45) is 4.99 Å². The van der Waals surface area contributed by atoms with Crippen LogP contribution in [-0.2, 0) is 13.1 Å². The summed E-state index contributed by atoms with van der Waals surface area (Å²) in [6.45, 7) is 3.60. The van der Waals surface area contributed by atoms with E-state index in [0.29, 0.717) is 12.6 Å². The summed E-state index contributed by atoms with van der Waals surface area (Å²) in [6.07, 6.45) is 7.05. The number of pyridine rings is 1. The lowest BCUT2D eigenvalue weighted by Crippen LogP contribution is -2.36. The predicted molar refractivity (Wildman–Crippen MR) is 103 cm³/mol. The first-order valence-electron chi connectivity index (χ1n) is 8.83. The summed E-state index contributed by atoms with van der Waals surface area (Å²) in [5.74, 6) is 1.52. The van der Waals surface area contributed by atoms with Crippen molar-refractivity contribution in [3.63, 3.8) is 0 Å². The monoisotopic (exact) mass is 358 g/mol. The Bertz CT molecular complexity index is 690. The molecule has 0 atom stereocenters. The van der Waals surface area contributed by atoms with Crippen molar-refractivity contribution in [2.75, 3.05) is 7.05 Å². The number of nitrogens with one attached hydrogen (secondary N) is 2. The molecule has 134 valence electrons. The van der Waals surface area contributed by atoms with Crippen LogP contribution in [0.25, 0.3) is 0 Å². The molecule has 1 aliphatic rings. The van der Waals surface area contributed by atoms with Gasteiger partial charge in [-0.3, -0.25) is 4.99 Å². The second-order valence-corrected chi connectivity index (χ2v) is 7.34. The molecule has 5 nitrogen and oxygen atoms in total. The van der Waals surface area contributed by atoms with Crippen LogP contribution in [0.3, 0.4) is 0 Å². The number of nitrogens with zero attached hydrogens (tertiary/aromatic N) is 2. The van der Waals surface area contributed by atoms with E-state index in [1.807, 2.05) is 12.3 Å². The van der Waals surface area contributed by atoms with Gasteiger partial charge in [0.15, 0.2) is 5.96 Å². The number of aliphatic imine (C=N–C) groups is 1. The highest BCUT2D eigenvalue weighted by Gasteiger charge is 2.16. The number of hydrogen-bond donors (Lipinski definition) is 2. The lowest BCUT2D eigenvalue weighted by Gasteiger charge is -2.13. The van der Waals surface area contributed by atoms with Gasteiger partial charge in [0.25, 0.3) is 0 Å². The summed E-state index contributed by atoms with van der Waals surface area (Å²) in [4.78, 5) is 10.0. The minimum atomic E-state index is 0.347. The lowest BCUT2D eigenvalue weighted by atomic mass is 10.3. The first kappa shape index (κ1) is 17.7. The van der Waals surface area contributed by atoms with Gasteiger partial charge in [0, 0.05) is 30.7 Å². The van der Waals surface area contributed by atoms with Crippen molar-refractivity contribution in [1.29, 1.82) is 0 Å². The van der Waals surface area contributed by atoms with Crippen molar-refractivity contribution >= 4 is 17.3 Å². The first-order valence-corrected chi connectivity index (χ1v) is 9.71. The van der Waals surface area contributed by atoms with E-state index >= 15 is 0 Å². The van der Waals surface area contributed by atoms with Crippen LogP contribution in [0.4, 0.5) is 0 Å². The second kappa shape index (κ2) is 8.85. The Kier molecular flexibility index (Phi) is 6.28. The fraction of sp³-hybridized carbons (Fsp3) is 0.474. The summed E-state index contributed by atoms with van der Waals surface area (Å²) in [5, 5.41) is 8.78. The number of rotatable bonds is 6. The van der Waals surface area contributed by atoms with Crippen LogP contribution in [0.5, 0.6) is 5.88 Å². The van der Waals surface area contributed by atoms with Crippen LogP contribution in [0.2, 0.25) is 0 Å². The molecule has 0 amide bonds. The fourth-order valence-corrected chi connectivity index (χ4v) is 3.76. The number of aromatic nitrogens is 1. The minimum Gasteiger partial charge on any atom is -0.474 e. The van der Waals surface area contributed by atoms with Gasteiger partial charge in [0.2, 0.25) is 5.88 Å². The molecule has 2 aromatic rings. The van der Waals surface area contributed by atoms with E-state index < -0.39 is 0 Å². The molecule has 0 radical (unpaired) electrons. The van der Waals surface area contributed by atoms with Gasteiger partial charge in [0.05, 0.1) is 6.54 Å². The molecule has 0 unspecified atom stereocenters. The van der Waals surface area contributed by atoms with E-state index in [1.165, 1.54) is 23.3 Å². The highest BCUT2D eigenvalue weighted by molar-refractivity contribution is 7.10. The van der Waals surface area contributed by atoms with Gasteiger partial charge >= 0.3 is 0 Å². The minimum absolute atomic E-state index is 0.347. The smallest absolute Gasteiger partial charge is 0.213 e. The zero-order valence-corrected chi connectivity index (χ0v) is 15.7. The Hall–Kier alpha value is -2.08. The summed E-state index contributed by atoms with van der Waals surface area (Å²) < 4.78 is 5.90. The Morgan fingerprint density at radius 1 is 1.24 bits per heavy atom. The third-order valence-corrected chi connectivity index (χ3v) is 5.48. The normalized spacial score (nSPS) is 15.4. The molecular formula is C19H26N4OS. The van der Waals surface area contributed by atoms with Crippen molar-refractivity contribution in [2.45, 2.75) is 51.8 Å². The van der Waals surface area contributed by atoms with Crippen LogP contribution in [0.15, 0.2) is 34.8 Å². The first-order chi connectivity index (χ1) is 12.2. The number of hydrogen-bond acceptors (Lipinski definition) is 4. The zero-order chi connectivity index (χ0) is 17.5. The molecule has 0 aliphatic heterocycles. The molecule has 0 spiro atoms. The summed E-state index contributed by atoms with van der Waals surface area (Å²) in [7, 11) is 1.79. The molecule has 25 heavy (non-hydrogen) atoms. The fourth-order valence-electron chi connectivity index (χ4n) is 2.92. The molecular weight excluding hydrogens is 332 g/mol. The van der Waals surface area contributed by atoms with E-state index in [0.717, 1.165) is 36.8 Å². The third-order valence-electron chi connectivity index (χ3n) is 4.46. The molecule has 1 saturated carbocycles. The van der Waals surface area contributed by atoms with Gasteiger partial charge in [-0.05, 0) is 55.2 Å². The van der Waals surface area contributed by atoms with Gasteiger partial charge in [-0.2, -0.15) is 0 Å². The van der Waals surface area contributed by atoms with Gasteiger partial charge in [-0.1, -0.05) is 6.07 Å². The van der Waals surface area contributed by atoms with E-state index in [9.17, 15) is 0 Å². The second-order valence-electron chi connectivity index (χ2n) is 6.34. The summed E-state index contributed by atoms with van der Waals surface area (Å²) >= 11 is 1.76. The van der Waals surface area contributed by atoms with E-state index in [4.69, 9.17) is 4.74 Å².